The molecule has 4 rings (SSSR count). The summed E-state index contributed by atoms with van der Waals surface area (Å²) in [6.45, 7) is 2.44. The number of rotatable bonds is 4. The van der Waals surface area contributed by atoms with Crippen molar-refractivity contribution in [1.29, 1.82) is 0 Å². The van der Waals surface area contributed by atoms with E-state index in [4.69, 9.17) is 20.8 Å². The van der Waals surface area contributed by atoms with E-state index in [9.17, 15) is 9.59 Å². The quantitative estimate of drug-likeness (QED) is 0.663. The molecule has 1 aliphatic rings. The van der Waals surface area contributed by atoms with E-state index in [0.717, 1.165) is 23.8 Å². The molecule has 0 saturated carbocycles. The molecule has 0 spiro atoms. The number of nitrogens with one attached hydrogen (secondary N) is 2. The van der Waals surface area contributed by atoms with E-state index in [0.29, 0.717) is 28.6 Å². The number of carbonyl (C=O) groups is 2. The van der Waals surface area contributed by atoms with E-state index in [2.05, 4.69) is 10.6 Å². The highest BCUT2D eigenvalue weighted by Crippen LogP contribution is 2.28. The van der Waals surface area contributed by atoms with Gasteiger partial charge in [0.1, 0.15) is 11.7 Å². The molecule has 2 aromatic carbocycles. The summed E-state index contributed by atoms with van der Waals surface area (Å²) >= 11 is 6.02. The number of halogens is 1. The Morgan fingerprint density at radius 3 is 2.46 bits per heavy atom. The molecule has 1 saturated heterocycles. The second-order valence-electron chi connectivity index (χ2n) is 6.72. The van der Waals surface area contributed by atoms with Gasteiger partial charge in [0.25, 0.3) is 11.8 Å². The first kappa shape index (κ1) is 18.5. The highest BCUT2D eigenvalue weighted by molar-refractivity contribution is 6.31. The Hall–Kier alpha value is -2.83. The molecular weight excluding hydrogens is 380 g/mol. The molecule has 28 heavy (non-hydrogen) atoms. The molecule has 2 heterocycles. The molecule has 3 aromatic rings. The van der Waals surface area contributed by atoms with Crippen molar-refractivity contribution in [3.63, 3.8) is 0 Å². The van der Waals surface area contributed by atoms with Crippen LogP contribution in [0.3, 0.4) is 0 Å². The lowest BCUT2D eigenvalue weighted by Gasteiger charge is -2.11. The van der Waals surface area contributed by atoms with Crippen LogP contribution in [0, 0.1) is 6.92 Å². The van der Waals surface area contributed by atoms with Gasteiger partial charge in [-0.25, -0.2) is 0 Å². The van der Waals surface area contributed by atoms with E-state index in [1.165, 1.54) is 0 Å². The zero-order valence-electron chi connectivity index (χ0n) is 15.3. The summed E-state index contributed by atoms with van der Waals surface area (Å²) in [6, 6.07) is 12.1. The van der Waals surface area contributed by atoms with Gasteiger partial charge in [0.2, 0.25) is 0 Å². The van der Waals surface area contributed by atoms with Gasteiger partial charge in [-0.2, -0.15) is 0 Å². The third kappa shape index (κ3) is 3.74. The van der Waals surface area contributed by atoms with Gasteiger partial charge in [0.05, 0.1) is 0 Å². The first-order valence-electron chi connectivity index (χ1n) is 9.04. The first-order chi connectivity index (χ1) is 13.5. The molecule has 2 amide bonds. The highest BCUT2D eigenvalue weighted by atomic mass is 35.5. The molecule has 1 fully saturated rings. The van der Waals surface area contributed by atoms with Gasteiger partial charge in [-0.3, -0.25) is 9.59 Å². The maximum absolute atomic E-state index is 12.6. The van der Waals surface area contributed by atoms with Crippen LogP contribution in [0.1, 0.15) is 29.0 Å². The maximum Gasteiger partial charge on any atom is 0.291 e. The van der Waals surface area contributed by atoms with Crippen molar-refractivity contribution in [3.8, 4) is 0 Å². The molecule has 1 aliphatic heterocycles. The number of amides is 2. The highest BCUT2D eigenvalue weighted by Gasteiger charge is 2.23. The van der Waals surface area contributed by atoms with Gasteiger partial charge in [-0.15, -0.1) is 0 Å². The summed E-state index contributed by atoms with van der Waals surface area (Å²) in [5.74, 6) is -0.250. The van der Waals surface area contributed by atoms with E-state index < -0.39 is 0 Å². The molecular formula is C21H19ClN2O4. The summed E-state index contributed by atoms with van der Waals surface area (Å²) in [6.07, 6.45) is 1.25. The van der Waals surface area contributed by atoms with Crippen molar-refractivity contribution >= 4 is 45.8 Å². The number of ether oxygens (including phenoxy) is 1. The van der Waals surface area contributed by atoms with Crippen LogP contribution in [0.15, 0.2) is 46.9 Å². The number of benzene rings is 2. The van der Waals surface area contributed by atoms with Crippen molar-refractivity contribution in [3.05, 3.63) is 58.8 Å². The van der Waals surface area contributed by atoms with Gasteiger partial charge in [-0.1, -0.05) is 11.6 Å². The average molecular weight is 399 g/mol. The summed E-state index contributed by atoms with van der Waals surface area (Å²) in [5, 5.41) is 7.02. The van der Waals surface area contributed by atoms with E-state index in [1.54, 1.807) is 42.5 Å². The lowest BCUT2D eigenvalue weighted by atomic mass is 10.1. The zero-order chi connectivity index (χ0) is 19.7. The minimum absolute atomic E-state index is 0.147. The van der Waals surface area contributed by atoms with Crippen molar-refractivity contribution in [2.24, 2.45) is 0 Å². The molecule has 6 nitrogen and oxygen atoms in total. The average Bonchev–Trinajstić information content (AvgIpc) is 3.32. The minimum Gasteiger partial charge on any atom is -0.451 e. The first-order valence-corrected chi connectivity index (χ1v) is 9.41. The Kier molecular flexibility index (Phi) is 5.07. The molecule has 0 bridgehead atoms. The molecule has 144 valence electrons. The van der Waals surface area contributed by atoms with Crippen molar-refractivity contribution in [1.82, 2.24) is 0 Å². The fraction of sp³-hybridized carbons (Fsp3) is 0.238. The Bertz CT molecular complexity index is 1040. The van der Waals surface area contributed by atoms with Gasteiger partial charge >= 0.3 is 0 Å². The molecule has 2 N–H and O–H groups in total. The normalized spacial score (nSPS) is 16.3. The van der Waals surface area contributed by atoms with Crippen LogP contribution in [0.2, 0.25) is 5.02 Å². The predicted octanol–water partition coefficient (Wildman–Crippen LogP) is 4.76. The maximum atomic E-state index is 12.6. The van der Waals surface area contributed by atoms with Gasteiger partial charge in [-0.05, 0) is 62.2 Å². The Morgan fingerprint density at radius 2 is 1.79 bits per heavy atom. The molecule has 1 atom stereocenters. The minimum atomic E-state index is -0.385. The van der Waals surface area contributed by atoms with Crippen LogP contribution < -0.4 is 10.6 Å². The number of furan rings is 1. The fourth-order valence-corrected chi connectivity index (χ4v) is 3.41. The van der Waals surface area contributed by atoms with Crippen LogP contribution in [-0.4, -0.2) is 24.5 Å². The zero-order valence-corrected chi connectivity index (χ0v) is 16.0. The number of hydrogen-bond donors (Lipinski definition) is 2. The van der Waals surface area contributed by atoms with Crippen LogP contribution in [0.25, 0.3) is 11.0 Å². The van der Waals surface area contributed by atoms with Crippen LogP contribution in [-0.2, 0) is 9.53 Å². The summed E-state index contributed by atoms with van der Waals surface area (Å²) in [5.41, 5.74) is 2.58. The second-order valence-corrected chi connectivity index (χ2v) is 7.16. The van der Waals surface area contributed by atoms with E-state index in [1.807, 2.05) is 6.92 Å². The monoisotopic (exact) mass is 398 g/mol. The predicted molar refractivity (Wildman–Crippen MR) is 108 cm³/mol. The molecule has 7 heteroatoms. The number of hydrogen-bond acceptors (Lipinski definition) is 4. The lowest BCUT2D eigenvalue weighted by molar-refractivity contribution is -0.124. The Balaban J connectivity index is 1.45. The summed E-state index contributed by atoms with van der Waals surface area (Å²) in [4.78, 5) is 24.7. The van der Waals surface area contributed by atoms with Crippen LogP contribution in [0.4, 0.5) is 11.4 Å². The van der Waals surface area contributed by atoms with Gasteiger partial charge < -0.3 is 19.8 Å². The van der Waals surface area contributed by atoms with Gasteiger partial charge in [0.15, 0.2) is 5.76 Å². The van der Waals surface area contributed by atoms with Crippen molar-refractivity contribution in [2.45, 2.75) is 25.9 Å². The lowest BCUT2D eigenvalue weighted by Crippen LogP contribution is -2.26. The number of fused-ring (bicyclic) bond motifs is 1. The third-order valence-electron chi connectivity index (χ3n) is 4.74. The molecule has 1 unspecified atom stereocenters. The SMILES string of the molecule is Cc1c(C(=O)Nc2ccc(NC(=O)C3CCCO3)cc2)oc2ccc(Cl)cc12. The number of carbonyl (C=O) groups excluding carboxylic acids is 2. The fourth-order valence-electron chi connectivity index (χ4n) is 3.24. The standard InChI is InChI=1S/C21H19ClN2O4/c1-12-16-11-13(22)4-9-17(16)28-19(12)21(26)24-15-7-5-14(6-8-15)23-20(25)18-3-2-10-27-18/h4-9,11,18H,2-3,10H2,1H3,(H,23,25)(H,24,26). The second kappa shape index (κ2) is 7.66. The van der Waals surface area contributed by atoms with E-state index >= 15 is 0 Å². The van der Waals surface area contributed by atoms with Gasteiger partial charge in [0, 0.05) is 34.0 Å². The summed E-state index contributed by atoms with van der Waals surface area (Å²) < 4.78 is 11.0. The van der Waals surface area contributed by atoms with Crippen LogP contribution in [0.5, 0.6) is 0 Å². The van der Waals surface area contributed by atoms with E-state index in [-0.39, 0.29) is 23.7 Å². The topological polar surface area (TPSA) is 80.6 Å². The molecule has 1 aromatic heterocycles. The van der Waals surface area contributed by atoms with Crippen molar-refractivity contribution in [2.75, 3.05) is 17.2 Å². The summed E-state index contributed by atoms with van der Waals surface area (Å²) in [7, 11) is 0. The Labute approximate surface area is 166 Å². The Morgan fingerprint density at radius 1 is 1.07 bits per heavy atom. The smallest absolute Gasteiger partial charge is 0.291 e. The third-order valence-corrected chi connectivity index (χ3v) is 4.97. The number of anilines is 2. The number of aryl methyl sites for hydroxylation is 1. The molecule has 0 aliphatic carbocycles. The van der Waals surface area contributed by atoms with Crippen molar-refractivity contribution < 1.29 is 18.7 Å². The largest absolute Gasteiger partial charge is 0.451 e. The van der Waals surface area contributed by atoms with Crippen LogP contribution >= 0.6 is 11.6 Å². The molecule has 0 radical (unpaired) electrons.